The summed E-state index contributed by atoms with van der Waals surface area (Å²) in [5.41, 5.74) is 0. The Morgan fingerprint density at radius 3 is 1.20 bits per heavy atom. The Hall–Kier alpha value is 1.15. The minimum atomic E-state index is -0.417. The van der Waals surface area contributed by atoms with Crippen LogP contribution in [-0.4, -0.2) is 23.8 Å². The fourth-order valence-electron chi connectivity index (χ4n) is 0. The Morgan fingerprint density at radius 1 is 1.20 bits per heavy atom. The monoisotopic (exact) mass is 130 g/mol. The molecule has 0 unspecified atom stereocenters. The number of hydrogen-bond donors (Lipinski definition) is 0. The molecule has 10 heavy (non-hydrogen) atoms. The zero-order chi connectivity index (χ0) is 8.08. The fraction of sp³-hybridized carbons (Fsp3) is 1.00. The molecule has 0 radical (unpaired) electrons. The Bertz CT molecular complexity index is 48.4. The summed E-state index contributed by atoms with van der Waals surface area (Å²) in [5, 5.41) is 9.53. The van der Waals surface area contributed by atoms with E-state index in [9.17, 15) is 5.11 Å². The van der Waals surface area contributed by atoms with Gasteiger partial charge in [0.2, 0.25) is 0 Å². The van der Waals surface area contributed by atoms with Crippen LogP contribution in [0.15, 0.2) is 0 Å². The minimum absolute atomic E-state index is 0. The first kappa shape index (κ1) is 17.3. The maximum absolute atomic E-state index is 9.53. The first-order chi connectivity index (χ1) is 3.73. The zero-order valence-electron chi connectivity index (χ0n) is 8.49. The van der Waals surface area contributed by atoms with Crippen molar-refractivity contribution in [3.8, 4) is 0 Å². The van der Waals surface area contributed by atoms with E-state index in [1.807, 2.05) is 0 Å². The quantitative estimate of drug-likeness (QED) is 0.352. The van der Waals surface area contributed by atoms with Gasteiger partial charge in [-0.1, -0.05) is 13.8 Å². The first-order valence-electron chi connectivity index (χ1n) is 3.39. The topological polar surface area (TPSA) is 23.1 Å². The molecule has 0 aliphatic heterocycles. The van der Waals surface area contributed by atoms with Crippen LogP contribution >= 0.6 is 0 Å². The van der Waals surface area contributed by atoms with Crippen LogP contribution in [0.5, 0.6) is 0 Å². The summed E-state index contributed by atoms with van der Waals surface area (Å²) in [6.07, 6.45) is -0.417. The van der Waals surface area contributed by atoms with Gasteiger partial charge in [-0.2, -0.15) is 0 Å². The van der Waals surface area contributed by atoms with Crippen LogP contribution in [0.2, 0.25) is 4.09 Å². The molecular weight excluding hydrogens is 114 g/mol. The van der Waals surface area contributed by atoms with Crippen molar-refractivity contribution >= 4 is 17.7 Å². The molecule has 0 aliphatic carbocycles. The molecule has 0 aromatic carbocycles. The van der Waals surface area contributed by atoms with Crippen molar-refractivity contribution in [1.82, 2.24) is 0 Å². The molecule has 0 saturated heterocycles. The SMILES string of the molecule is CC(C)[O-].[Li+].[Li][C](C)(C)C. The molecule has 52 valence electrons. The second kappa shape index (κ2) is 8.25. The number of rotatable bonds is 0. The zero-order valence-corrected chi connectivity index (χ0v) is 8.49. The summed E-state index contributed by atoms with van der Waals surface area (Å²) in [7, 11) is 0. The van der Waals surface area contributed by atoms with Crippen LogP contribution in [0.4, 0.5) is 0 Å². The summed E-state index contributed by atoms with van der Waals surface area (Å²) in [6, 6.07) is 0. The van der Waals surface area contributed by atoms with Gasteiger partial charge in [0.15, 0.2) is 0 Å². The van der Waals surface area contributed by atoms with E-state index in [2.05, 4.69) is 38.5 Å². The first-order valence-corrected chi connectivity index (χ1v) is 3.39. The molecule has 0 aromatic rings. The van der Waals surface area contributed by atoms with Gasteiger partial charge in [0.1, 0.15) is 0 Å². The van der Waals surface area contributed by atoms with E-state index < -0.39 is 6.10 Å². The summed E-state index contributed by atoms with van der Waals surface area (Å²) < 4.78 is 0.500. The normalized spacial score (nSPS) is 9.70. The molecule has 0 heterocycles. The van der Waals surface area contributed by atoms with Crippen LogP contribution < -0.4 is 24.0 Å². The van der Waals surface area contributed by atoms with E-state index >= 15 is 0 Å². The molecular formula is C7H16Li2O. The third kappa shape index (κ3) is 457. The molecule has 0 saturated carbocycles. The van der Waals surface area contributed by atoms with Crippen molar-refractivity contribution < 1.29 is 24.0 Å². The van der Waals surface area contributed by atoms with E-state index in [0.29, 0.717) is 4.09 Å². The van der Waals surface area contributed by atoms with E-state index in [1.54, 1.807) is 13.8 Å². The Balaban J connectivity index is -0.0000000910. The predicted molar refractivity (Wildman–Crippen MR) is 40.6 cm³/mol. The van der Waals surface area contributed by atoms with Gasteiger partial charge in [-0.05, 0) is 0 Å². The number of hydrogen-bond acceptors (Lipinski definition) is 1. The Morgan fingerprint density at radius 2 is 1.20 bits per heavy atom. The van der Waals surface area contributed by atoms with Crippen LogP contribution in [0.3, 0.4) is 0 Å². The molecule has 0 atom stereocenters. The summed E-state index contributed by atoms with van der Waals surface area (Å²) in [6.45, 7) is 9.78. The second-order valence-corrected chi connectivity index (χ2v) is 4.05. The van der Waals surface area contributed by atoms with Gasteiger partial charge in [-0.3, -0.25) is 0 Å². The van der Waals surface area contributed by atoms with Gasteiger partial charge in [-0.15, -0.1) is 6.10 Å². The average Bonchev–Trinajstić information content (AvgIpc) is 1.19. The average molecular weight is 130 g/mol. The molecule has 0 bridgehead atoms. The van der Waals surface area contributed by atoms with Gasteiger partial charge in [0, 0.05) is 0 Å². The molecule has 1 nitrogen and oxygen atoms in total. The third-order valence-corrected chi connectivity index (χ3v) is 0. The molecule has 0 rings (SSSR count). The predicted octanol–water partition coefficient (Wildman–Crippen LogP) is -1.87. The Kier molecular flexibility index (Phi) is 14.3. The van der Waals surface area contributed by atoms with Crippen molar-refractivity contribution in [3.63, 3.8) is 0 Å². The van der Waals surface area contributed by atoms with E-state index in [4.69, 9.17) is 0 Å². The molecule has 3 heteroatoms. The third-order valence-electron chi connectivity index (χ3n) is 0. The Labute approximate surface area is 86.3 Å². The van der Waals surface area contributed by atoms with Crippen LogP contribution in [0.1, 0.15) is 34.6 Å². The molecule has 0 fully saturated rings. The van der Waals surface area contributed by atoms with Crippen molar-refractivity contribution in [3.05, 3.63) is 0 Å². The maximum atomic E-state index is 9.53. The van der Waals surface area contributed by atoms with Crippen LogP contribution in [-0.2, 0) is 0 Å². The van der Waals surface area contributed by atoms with Gasteiger partial charge in [0.05, 0.1) is 0 Å². The molecule has 0 aliphatic rings. The van der Waals surface area contributed by atoms with Crippen molar-refractivity contribution in [2.24, 2.45) is 0 Å². The standard InChI is InChI=1S/C4H9.C3H7O.2Li/c1-4(2)3;1-3(2)4;;/h1-3H3;3H,1-2H3;;/q;-1;;+1. The van der Waals surface area contributed by atoms with Crippen molar-refractivity contribution in [2.75, 3.05) is 0 Å². The molecule has 0 spiro atoms. The van der Waals surface area contributed by atoms with E-state index in [0.717, 1.165) is 0 Å². The molecule has 0 N–H and O–H groups in total. The van der Waals surface area contributed by atoms with E-state index in [-0.39, 0.29) is 18.9 Å². The van der Waals surface area contributed by atoms with Gasteiger partial charge in [0.25, 0.3) is 0 Å². The summed E-state index contributed by atoms with van der Waals surface area (Å²) >= 11 is 2.19. The summed E-state index contributed by atoms with van der Waals surface area (Å²) in [5.74, 6) is 0. The fourth-order valence-corrected chi connectivity index (χ4v) is 0. The van der Waals surface area contributed by atoms with E-state index in [1.165, 1.54) is 0 Å². The summed E-state index contributed by atoms with van der Waals surface area (Å²) in [4.78, 5) is 0. The molecule has 0 amide bonds. The van der Waals surface area contributed by atoms with Crippen LogP contribution in [0, 0.1) is 0 Å². The van der Waals surface area contributed by atoms with Crippen molar-refractivity contribution in [2.45, 2.75) is 44.8 Å². The van der Waals surface area contributed by atoms with Crippen LogP contribution in [0.25, 0.3) is 0 Å². The van der Waals surface area contributed by atoms with Gasteiger partial charge < -0.3 is 5.11 Å². The van der Waals surface area contributed by atoms with Crippen molar-refractivity contribution in [1.29, 1.82) is 0 Å². The van der Waals surface area contributed by atoms with Gasteiger partial charge >= 0.3 is 61.4 Å². The molecule has 0 aromatic heterocycles. The van der Waals surface area contributed by atoms with Gasteiger partial charge in [-0.25, -0.2) is 0 Å². The second-order valence-electron chi connectivity index (χ2n) is 4.05.